The summed E-state index contributed by atoms with van der Waals surface area (Å²) in [5, 5.41) is 5.33. The standard InChI is InChI=1S/C18H18Cl2N4/c1-10-6-7-11(2)16-12(10)8-9-15(16)23-24-18(21)22-17-13(19)4-3-5-14(17)20/h3-7H,8-9H2,1-2H3,(H3,21,22,24). The van der Waals surface area contributed by atoms with Crippen molar-refractivity contribution >= 4 is 40.6 Å². The van der Waals surface area contributed by atoms with Crippen LogP contribution in [-0.2, 0) is 6.42 Å². The van der Waals surface area contributed by atoms with E-state index in [-0.39, 0.29) is 5.96 Å². The number of nitrogens with two attached hydrogens (primary N) is 1. The molecular weight excluding hydrogens is 343 g/mol. The Morgan fingerprint density at radius 1 is 1.04 bits per heavy atom. The molecule has 0 heterocycles. The number of hydrogen-bond donors (Lipinski definition) is 2. The molecular formula is C18H18Cl2N4. The molecule has 0 bridgehead atoms. The number of para-hydroxylation sites is 1. The maximum Gasteiger partial charge on any atom is 0.214 e. The molecule has 0 saturated heterocycles. The summed E-state index contributed by atoms with van der Waals surface area (Å²) < 4.78 is 0. The van der Waals surface area contributed by atoms with Gasteiger partial charge in [0.25, 0.3) is 0 Å². The lowest BCUT2D eigenvalue weighted by Gasteiger charge is -2.08. The van der Waals surface area contributed by atoms with Crippen LogP contribution in [0.3, 0.4) is 0 Å². The van der Waals surface area contributed by atoms with Gasteiger partial charge < -0.3 is 5.73 Å². The summed E-state index contributed by atoms with van der Waals surface area (Å²) in [5.41, 5.74) is 15.3. The van der Waals surface area contributed by atoms with Crippen molar-refractivity contribution in [2.24, 2.45) is 15.8 Å². The average molecular weight is 361 g/mol. The van der Waals surface area contributed by atoms with E-state index in [1.165, 1.54) is 22.3 Å². The molecule has 2 aromatic rings. The predicted octanol–water partition coefficient (Wildman–Crippen LogP) is 4.50. The number of nitrogens with one attached hydrogen (secondary N) is 1. The van der Waals surface area contributed by atoms with Gasteiger partial charge in [0.05, 0.1) is 15.8 Å². The van der Waals surface area contributed by atoms with Gasteiger partial charge in [0.2, 0.25) is 5.96 Å². The number of halogens is 2. The van der Waals surface area contributed by atoms with Crippen LogP contribution in [0.25, 0.3) is 0 Å². The van der Waals surface area contributed by atoms with Crippen LogP contribution in [0.15, 0.2) is 40.4 Å². The number of rotatable bonds is 2. The molecule has 0 aliphatic heterocycles. The number of guanidine groups is 1. The van der Waals surface area contributed by atoms with Crippen LogP contribution in [0.4, 0.5) is 5.69 Å². The van der Waals surface area contributed by atoms with E-state index in [4.69, 9.17) is 28.9 Å². The van der Waals surface area contributed by atoms with Crippen molar-refractivity contribution in [3.05, 3.63) is 62.6 Å². The second-order valence-corrected chi connectivity index (χ2v) is 6.60. The SMILES string of the molecule is Cc1ccc(C)c2c1CCC2=NNC(N)=Nc1c(Cl)cccc1Cl. The topological polar surface area (TPSA) is 62.8 Å². The molecule has 2 aromatic carbocycles. The third-order valence-corrected chi connectivity index (χ3v) is 4.74. The van der Waals surface area contributed by atoms with Crippen molar-refractivity contribution in [3.8, 4) is 0 Å². The quantitative estimate of drug-likeness (QED) is 0.470. The fourth-order valence-electron chi connectivity index (χ4n) is 2.94. The van der Waals surface area contributed by atoms with Gasteiger partial charge in [0.15, 0.2) is 0 Å². The first kappa shape index (κ1) is 16.8. The van der Waals surface area contributed by atoms with Gasteiger partial charge in [-0.15, -0.1) is 0 Å². The maximum atomic E-state index is 6.10. The molecule has 3 N–H and O–H groups in total. The summed E-state index contributed by atoms with van der Waals surface area (Å²) in [4.78, 5) is 4.23. The fraction of sp³-hybridized carbons (Fsp3) is 0.222. The van der Waals surface area contributed by atoms with Gasteiger partial charge in [-0.2, -0.15) is 5.10 Å². The van der Waals surface area contributed by atoms with Crippen LogP contribution in [0.5, 0.6) is 0 Å². The van der Waals surface area contributed by atoms with Crippen molar-refractivity contribution in [3.63, 3.8) is 0 Å². The van der Waals surface area contributed by atoms with Crippen molar-refractivity contribution in [2.75, 3.05) is 0 Å². The summed E-state index contributed by atoms with van der Waals surface area (Å²) in [5.74, 6) is 0.149. The van der Waals surface area contributed by atoms with Crippen LogP contribution >= 0.6 is 23.2 Å². The molecule has 0 atom stereocenters. The van der Waals surface area contributed by atoms with Crippen molar-refractivity contribution in [1.29, 1.82) is 0 Å². The van der Waals surface area contributed by atoms with Gasteiger partial charge in [0.1, 0.15) is 5.69 Å². The molecule has 0 radical (unpaired) electrons. The maximum absolute atomic E-state index is 6.10. The molecule has 6 heteroatoms. The molecule has 1 aliphatic carbocycles. The highest BCUT2D eigenvalue weighted by Gasteiger charge is 2.21. The highest BCUT2D eigenvalue weighted by atomic mass is 35.5. The largest absolute Gasteiger partial charge is 0.368 e. The lowest BCUT2D eigenvalue weighted by Crippen LogP contribution is -2.28. The highest BCUT2D eigenvalue weighted by Crippen LogP contribution is 2.32. The van der Waals surface area contributed by atoms with Crippen molar-refractivity contribution in [1.82, 2.24) is 5.43 Å². The van der Waals surface area contributed by atoms with Crippen LogP contribution in [-0.4, -0.2) is 11.7 Å². The van der Waals surface area contributed by atoms with E-state index >= 15 is 0 Å². The first-order valence-corrected chi connectivity index (χ1v) is 8.43. The Morgan fingerprint density at radius 2 is 1.71 bits per heavy atom. The lowest BCUT2D eigenvalue weighted by molar-refractivity contribution is 0.984. The second kappa shape index (κ2) is 6.83. The molecule has 0 amide bonds. The molecule has 0 saturated carbocycles. The van der Waals surface area contributed by atoms with Crippen molar-refractivity contribution < 1.29 is 0 Å². The van der Waals surface area contributed by atoms with Gasteiger partial charge in [-0.1, -0.05) is 41.4 Å². The number of hydrazone groups is 1. The minimum Gasteiger partial charge on any atom is -0.368 e. The number of nitrogens with zero attached hydrogens (tertiary/aromatic N) is 2. The zero-order chi connectivity index (χ0) is 17.3. The zero-order valence-electron chi connectivity index (χ0n) is 13.5. The average Bonchev–Trinajstić information content (AvgIpc) is 2.98. The van der Waals surface area contributed by atoms with Gasteiger partial charge in [-0.05, 0) is 55.5 Å². The fourth-order valence-corrected chi connectivity index (χ4v) is 3.42. The van der Waals surface area contributed by atoms with Gasteiger partial charge in [-0.25, -0.2) is 10.4 Å². The molecule has 124 valence electrons. The Balaban J connectivity index is 1.86. The zero-order valence-corrected chi connectivity index (χ0v) is 15.0. The van der Waals surface area contributed by atoms with Crippen LogP contribution < -0.4 is 11.2 Å². The van der Waals surface area contributed by atoms with E-state index in [1.807, 2.05) is 0 Å². The molecule has 0 fully saturated rings. The summed E-state index contributed by atoms with van der Waals surface area (Å²) in [6.45, 7) is 4.23. The van der Waals surface area contributed by atoms with E-state index in [0.717, 1.165) is 18.6 Å². The van der Waals surface area contributed by atoms with Crippen LogP contribution in [0.1, 0.15) is 28.7 Å². The Morgan fingerprint density at radius 3 is 2.42 bits per heavy atom. The number of aliphatic imine (C=N–C) groups is 1. The number of hydrogen-bond acceptors (Lipinski definition) is 2. The molecule has 1 aliphatic rings. The third kappa shape index (κ3) is 3.25. The van der Waals surface area contributed by atoms with Crippen molar-refractivity contribution in [2.45, 2.75) is 26.7 Å². The minimum atomic E-state index is 0.149. The lowest BCUT2D eigenvalue weighted by atomic mass is 9.99. The molecule has 4 nitrogen and oxygen atoms in total. The molecule has 24 heavy (non-hydrogen) atoms. The first-order valence-electron chi connectivity index (χ1n) is 7.67. The van der Waals surface area contributed by atoms with E-state index in [1.54, 1.807) is 18.2 Å². The smallest absolute Gasteiger partial charge is 0.214 e. The Kier molecular flexibility index (Phi) is 4.78. The molecule has 0 aromatic heterocycles. The third-order valence-electron chi connectivity index (χ3n) is 4.13. The monoisotopic (exact) mass is 360 g/mol. The van der Waals surface area contributed by atoms with E-state index in [0.29, 0.717) is 15.7 Å². The highest BCUT2D eigenvalue weighted by molar-refractivity contribution is 6.38. The molecule has 0 unspecified atom stereocenters. The summed E-state index contributed by atoms with van der Waals surface area (Å²) >= 11 is 12.2. The Hall–Kier alpha value is -2.04. The van der Waals surface area contributed by atoms with E-state index < -0.39 is 0 Å². The van der Waals surface area contributed by atoms with Gasteiger partial charge in [-0.3, -0.25) is 0 Å². The van der Waals surface area contributed by atoms with Crippen LogP contribution in [0.2, 0.25) is 10.0 Å². The Labute approximate surface area is 151 Å². The van der Waals surface area contributed by atoms with Crippen LogP contribution in [0, 0.1) is 13.8 Å². The van der Waals surface area contributed by atoms with E-state index in [2.05, 4.69) is 41.5 Å². The summed E-state index contributed by atoms with van der Waals surface area (Å²) in [7, 11) is 0. The number of benzene rings is 2. The summed E-state index contributed by atoms with van der Waals surface area (Å²) in [6.07, 6.45) is 1.88. The van der Waals surface area contributed by atoms with E-state index in [9.17, 15) is 0 Å². The first-order chi connectivity index (χ1) is 11.5. The second-order valence-electron chi connectivity index (χ2n) is 5.79. The normalized spacial score (nSPS) is 15.7. The molecule has 0 spiro atoms. The number of fused-ring (bicyclic) bond motifs is 1. The van der Waals surface area contributed by atoms with Gasteiger partial charge >= 0.3 is 0 Å². The summed E-state index contributed by atoms with van der Waals surface area (Å²) in [6, 6.07) is 9.46. The van der Waals surface area contributed by atoms with Gasteiger partial charge in [0, 0.05) is 5.56 Å². The minimum absolute atomic E-state index is 0.149. The molecule has 3 rings (SSSR count). The predicted molar refractivity (Wildman–Crippen MR) is 102 cm³/mol. The number of aryl methyl sites for hydroxylation is 2. The Bertz CT molecular complexity index is 836.